The van der Waals surface area contributed by atoms with Gasteiger partial charge in [0.15, 0.2) is 0 Å². The van der Waals surface area contributed by atoms with Crippen LogP contribution in [0.3, 0.4) is 0 Å². The largest absolute Gasteiger partial charge is 0.487 e. The Morgan fingerprint density at radius 1 is 0.618 bits per heavy atom. The molecule has 2 aliphatic heterocycles. The number of amides is 4. The number of guanidine groups is 2. The van der Waals surface area contributed by atoms with Crippen molar-refractivity contribution in [1.82, 2.24) is 30.7 Å². The number of hydrogen-bond acceptors (Lipinski definition) is 14. The molecule has 2 aromatic rings. The van der Waals surface area contributed by atoms with Crippen LogP contribution in [-0.4, -0.2) is 124 Å². The standard InChI is InChI=1S/C50H78N10O14S2/c1-26-28(3)39(30(5)32-24-49(10,11)72-37(26)32)75(68,69)59-44(51)54-22-16-19-34(58-47(67)74-48(7,8)9)41(61)53-21-15-14-18-36(43(63)64)56-42(62)35(57-46(65)66)20-17-23-55-45(52)60-76(70,71)40-29(4)27(2)38-33(31(40)6)25-50(12,13)73-38/h34-36,57H,14-25H2,1-13H3,(H,53,61)(H,56,62)(H,58,67)(H,63,64)(H,65,66)(H3,51,54,59)(H3,52,55,60). The Morgan fingerprint density at radius 2 is 1.04 bits per heavy atom. The number of aliphatic carboxylic acids is 1. The first-order chi connectivity index (χ1) is 35.0. The fourth-order valence-corrected chi connectivity index (χ4v) is 12.3. The molecule has 0 aliphatic carbocycles. The molecule has 0 fully saturated rings. The van der Waals surface area contributed by atoms with Gasteiger partial charge in [0.1, 0.15) is 46.4 Å². The first-order valence-corrected chi connectivity index (χ1v) is 28.0. The van der Waals surface area contributed by atoms with Crippen molar-refractivity contribution in [3.05, 3.63) is 44.5 Å². The van der Waals surface area contributed by atoms with Crippen LogP contribution in [0.2, 0.25) is 0 Å². The lowest BCUT2D eigenvalue weighted by Crippen LogP contribution is -2.51. The molecule has 26 heteroatoms. The molecular formula is C50H78N10O14S2. The summed E-state index contributed by atoms with van der Waals surface area (Å²) >= 11 is 0. The maximum absolute atomic E-state index is 13.6. The van der Waals surface area contributed by atoms with Crippen molar-refractivity contribution in [1.29, 1.82) is 0 Å². The molecule has 0 radical (unpaired) electrons. The highest BCUT2D eigenvalue weighted by Gasteiger charge is 2.39. The molecular weight excluding hydrogens is 1030 g/mol. The average Bonchev–Trinajstić information content (AvgIpc) is 3.80. The number of carbonyl (C=O) groups excluding carboxylic acids is 3. The van der Waals surface area contributed by atoms with E-state index in [4.69, 9.17) is 25.7 Å². The van der Waals surface area contributed by atoms with E-state index in [9.17, 15) is 51.0 Å². The van der Waals surface area contributed by atoms with Gasteiger partial charge in [0.2, 0.25) is 23.7 Å². The lowest BCUT2D eigenvalue weighted by Gasteiger charge is -2.23. The van der Waals surface area contributed by atoms with Gasteiger partial charge in [0, 0.05) is 43.6 Å². The van der Waals surface area contributed by atoms with Crippen molar-refractivity contribution in [2.75, 3.05) is 19.6 Å². The van der Waals surface area contributed by atoms with Gasteiger partial charge in [-0.15, -0.1) is 0 Å². The molecule has 0 spiro atoms. The third-order valence-corrected chi connectivity index (χ3v) is 16.2. The van der Waals surface area contributed by atoms with Crippen LogP contribution in [0.5, 0.6) is 11.5 Å². The van der Waals surface area contributed by atoms with Crippen LogP contribution in [0, 0.1) is 41.5 Å². The number of nitrogens with two attached hydrogens (primary N) is 2. The van der Waals surface area contributed by atoms with Crippen LogP contribution in [0.4, 0.5) is 9.59 Å². The molecule has 4 amide bonds. The summed E-state index contributed by atoms with van der Waals surface area (Å²) in [5.74, 6) is -2.38. The number of fused-ring (bicyclic) bond motifs is 2. The van der Waals surface area contributed by atoms with Crippen molar-refractivity contribution in [2.45, 2.75) is 193 Å². The van der Waals surface area contributed by atoms with Gasteiger partial charge in [-0.25, -0.2) is 40.7 Å². The number of carboxylic acids is 1. The van der Waals surface area contributed by atoms with Gasteiger partial charge >= 0.3 is 18.2 Å². The second-order valence-corrected chi connectivity index (χ2v) is 24.8. The topological polar surface area (TPSA) is 371 Å². The molecule has 12 N–H and O–H groups in total. The molecule has 76 heavy (non-hydrogen) atoms. The number of aliphatic imine (C=N–C) groups is 2. The minimum absolute atomic E-state index is 0.0272. The fourth-order valence-electron chi connectivity index (χ4n) is 9.20. The number of nitrogens with zero attached hydrogens (tertiary/aromatic N) is 2. The maximum Gasteiger partial charge on any atom is 0.408 e. The molecule has 424 valence electrons. The molecule has 3 unspecified atom stereocenters. The molecule has 2 heterocycles. The summed E-state index contributed by atoms with van der Waals surface area (Å²) in [4.78, 5) is 71.6. The Hall–Kier alpha value is -6.57. The summed E-state index contributed by atoms with van der Waals surface area (Å²) in [5.41, 5.74) is 15.2. The number of hydrogen-bond donors (Lipinski definition) is 10. The molecule has 24 nitrogen and oxygen atoms in total. The molecule has 0 saturated heterocycles. The van der Waals surface area contributed by atoms with E-state index in [1.165, 1.54) is 0 Å². The minimum atomic E-state index is -4.20. The zero-order chi connectivity index (χ0) is 57.5. The summed E-state index contributed by atoms with van der Waals surface area (Å²) in [6.07, 6.45) is -0.978. The van der Waals surface area contributed by atoms with Crippen molar-refractivity contribution < 1.29 is 65.2 Å². The fraction of sp³-hybridized carbons (Fsp3) is 0.620. The lowest BCUT2D eigenvalue weighted by atomic mass is 9.94. The van der Waals surface area contributed by atoms with Gasteiger partial charge < -0.3 is 57.2 Å². The van der Waals surface area contributed by atoms with E-state index in [-0.39, 0.29) is 80.3 Å². The molecule has 3 atom stereocenters. The average molecular weight is 1110 g/mol. The third kappa shape index (κ3) is 16.5. The normalized spacial score (nSPS) is 16.2. The van der Waals surface area contributed by atoms with Gasteiger partial charge in [-0.3, -0.25) is 19.6 Å². The number of carbonyl (C=O) groups is 5. The van der Waals surface area contributed by atoms with Gasteiger partial charge in [-0.05, 0) is 168 Å². The van der Waals surface area contributed by atoms with E-state index < -0.39 is 90.9 Å². The summed E-state index contributed by atoms with van der Waals surface area (Å²) < 4.78 is 76.6. The zero-order valence-electron chi connectivity index (χ0n) is 45.9. The number of benzene rings is 2. The maximum atomic E-state index is 13.6. The van der Waals surface area contributed by atoms with E-state index in [0.29, 0.717) is 57.7 Å². The number of ether oxygens (including phenoxy) is 3. The first-order valence-electron chi connectivity index (χ1n) is 25.1. The van der Waals surface area contributed by atoms with E-state index in [2.05, 4.69) is 40.7 Å². The Bertz CT molecular complexity index is 2860. The lowest BCUT2D eigenvalue weighted by molar-refractivity contribution is -0.142. The quantitative estimate of drug-likeness (QED) is 0.0430. The molecule has 0 saturated carbocycles. The summed E-state index contributed by atoms with van der Waals surface area (Å²) in [6, 6.07) is -3.97. The summed E-state index contributed by atoms with van der Waals surface area (Å²) in [5, 5.41) is 29.1. The van der Waals surface area contributed by atoms with Gasteiger partial charge in [-0.2, -0.15) is 0 Å². The van der Waals surface area contributed by atoms with Crippen LogP contribution < -0.4 is 51.7 Å². The smallest absolute Gasteiger partial charge is 0.408 e. The number of rotatable bonds is 23. The van der Waals surface area contributed by atoms with Crippen LogP contribution in [0.1, 0.15) is 138 Å². The number of unbranched alkanes of at least 4 members (excludes halogenated alkanes) is 1. The van der Waals surface area contributed by atoms with Crippen molar-refractivity contribution >= 4 is 61.9 Å². The van der Waals surface area contributed by atoms with Crippen LogP contribution in [0.15, 0.2) is 19.8 Å². The molecule has 4 rings (SSSR count). The molecule has 0 bridgehead atoms. The monoisotopic (exact) mass is 1110 g/mol. The summed E-state index contributed by atoms with van der Waals surface area (Å²) in [7, 11) is -8.37. The Kier molecular flexibility index (Phi) is 20.1. The third-order valence-electron chi connectivity index (χ3n) is 12.9. The first kappa shape index (κ1) is 62.0. The van der Waals surface area contributed by atoms with Crippen molar-refractivity contribution in [2.24, 2.45) is 21.5 Å². The minimum Gasteiger partial charge on any atom is -0.487 e. The van der Waals surface area contributed by atoms with Gasteiger partial charge in [0.25, 0.3) is 20.0 Å². The van der Waals surface area contributed by atoms with Crippen molar-refractivity contribution in [3.8, 4) is 11.5 Å². The predicted molar refractivity (Wildman–Crippen MR) is 285 cm³/mol. The Balaban J connectivity index is 1.29. The van der Waals surface area contributed by atoms with E-state index in [0.717, 1.165) is 11.1 Å². The second kappa shape index (κ2) is 24.6. The highest BCUT2D eigenvalue weighted by Crippen LogP contribution is 2.45. The number of carboxylic acid groups (broad SMARTS) is 2. The Labute approximate surface area is 445 Å². The molecule has 0 aromatic heterocycles. The van der Waals surface area contributed by atoms with Crippen LogP contribution >= 0.6 is 0 Å². The number of alkyl carbamates (subject to hydrolysis) is 1. The van der Waals surface area contributed by atoms with E-state index in [1.807, 2.05) is 27.7 Å². The predicted octanol–water partition coefficient (Wildman–Crippen LogP) is 3.80. The van der Waals surface area contributed by atoms with E-state index in [1.54, 1.807) is 62.3 Å². The molecule has 2 aromatic carbocycles. The SMILES string of the molecule is Cc1c(C)c(S(=O)(=O)NC(N)=NCCCC(NC(=O)O)C(=O)NC(CCCCNC(=O)C(CCCN=C(N)NS(=O)(=O)c2c(C)c(C)c3c(c2C)CC(C)(C)O3)NC(=O)OC(C)(C)C)C(=O)O)c(C)c2c1OC(C)(C)C2. The van der Waals surface area contributed by atoms with E-state index >= 15 is 0 Å². The van der Waals surface area contributed by atoms with Gasteiger partial charge in [0.05, 0.1) is 9.79 Å². The van der Waals surface area contributed by atoms with Gasteiger partial charge in [-0.1, -0.05) is 0 Å². The van der Waals surface area contributed by atoms with Crippen LogP contribution in [-0.2, 0) is 52.0 Å². The highest BCUT2D eigenvalue weighted by atomic mass is 32.2. The highest BCUT2D eigenvalue weighted by molar-refractivity contribution is 7.90. The zero-order valence-corrected chi connectivity index (χ0v) is 47.5. The Morgan fingerprint density at radius 3 is 1.45 bits per heavy atom. The van der Waals surface area contributed by atoms with Crippen molar-refractivity contribution in [3.63, 3.8) is 0 Å². The van der Waals surface area contributed by atoms with Crippen LogP contribution in [0.25, 0.3) is 0 Å². The number of nitrogens with one attached hydrogen (secondary N) is 6. The molecule has 2 aliphatic rings. The summed E-state index contributed by atoms with van der Waals surface area (Å²) in [6.45, 7) is 22.9. The number of sulfonamides is 2. The second-order valence-electron chi connectivity index (χ2n) is 21.5.